The molecule has 0 N–H and O–H groups in total. The Hall–Kier alpha value is 0.420. The van der Waals surface area contributed by atoms with Gasteiger partial charge in [-0.3, -0.25) is 0 Å². The lowest BCUT2D eigenvalue weighted by Crippen LogP contribution is -2.33. The van der Waals surface area contributed by atoms with Crippen LogP contribution in [0, 0.1) is 0 Å². The van der Waals surface area contributed by atoms with Crippen LogP contribution in [0.2, 0.25) is 5.02 Å². The zero-order chi connectivity index (χ0) is 13.8. The number of hydrogen-bond donors (Lipinski definition) is 0. The molecule has 102 valence electrons. The van der Waals surface area contributed by atoms with E-state index in [1.807, 2.05) is 24.3 Å². The minimum Gasteiger partial charge on any atom is -0.229 e. The van der Waals surface area contributed by atoms with Crippen molar-refractivity contribution in [3.8, 4) is 0 Å². The number of benzene rings is 1. The van der Waals surface area contributed by atoms with Crippen molar-refractivity contribution >= 4 is 53.3 Å². The molecular weight excluding hydrogens is 403 g/mol. The Morgan fingerprint density at radius 3 is 2.22 bits per heavy atom. The van der Waals surface area contributed by atoms with Gasteiger partial charge in [-0.05, 0) is 18.1 Å². The molecule has 0 aliphatic rings. The summed E-state index contributed by atoms with van der Waals surface area (Å²) in [6, 6.07) is 7.57. The van der Waals surface area contributed by atoms with Crippen LogP contribution >= 0.6 is 43.5 Å². The van der Waals surface area contributed by atoms with E-state index in [9.17, 15) is 8.42 Å². The summed E-state index contributed by atoms with van der Waals surface area (Å²) in [6.45, 7) is 0. The highest BCUT2D eigenvalue weighted by atomic mass is 79.9. The zero-order valence-corrected chi connectivity index (χ0v) is 14.7. The van der Waals surface area contributed by atoms with Crippen LogP contribution in [0.3, 0.4) is 0 Å². The van der Waals surface area contributed by atoms with Crippen LogP contribution in [0.5, 0.6) is 0 Å². The first-order valence-corrected chi connectivity index (χ1v) is 10.1. The summed E-state index contributed by atoms with van der Waals surface area (Å²) >= 11 is 13.2. The minimum absolute atomic E-state index is 0.148. The summed E-state index contributed by atoms with van der Waals surface area (Å²) in [5.41, 5.74) is 0.672. The lowest BCUT2D eigenvalue weighted by atomic mass is 9.82. The van der Waals surface area contributed by atoms with Gasteiger partial charge in [0.05, 0.1) is 5.75 Å². The van der Waals surface area contributed by atoms with E-state index in [0.717, 1.165) is 5.56 Å². The van der Waals surface area contributed by atoms with E-state index in [2.05, 4.69) is 31.9 Å². The lowest BCUT2D eigenvalue weighted by molar-refractivity contribution is 0.525. The first-order valence-electron chi connectivity index (χ1n) is 5.39. The second kappa shape index (κ2) is 6.73. The molecule has 0 amide bonds. The Bertz CT molecular complexity index is 499. The summed E-state index contributed by atoms with van der Waals surface area (Å²) in [7, 11) is -2.98. The van der Waals surface area contributed by atoms with Crippen LogP contribution < -0.4 is 0 Å². The quantitative estimate of drug-likeness (QED) is 0.659. The molecular formula is C12H15Br2ClO2S. The highest BCUT2D eigenvalue weighted by Gasteiger charge is 2.32. The van der Waals surface area contributed by atoms with Gasteiger partial charge in [0.25, 0.3) is 0 Å². The van der Waals surface area contributed by atoms with Crippen LogP contribution in [-0.4, -0.2) is 31.1 Å². The third-order valence-corrected chi connectivity index (χ3v) is 6.33. The maximum atomic E-state index is 11.4. The van der Waals surface area contributed by atoms with Crippen LogP contribution in [0.1, 0.15) is 12.0 Å². The monoisotopic (exact) mass is 416 g/mol. The van der Waals surface area contributed by atoms with Gasteiger partial charge in [-0.1, -0.05) is 61.7 Å². The maximum Gasteiger partial charge on any atom is 0.147 e. The van der Waals surface area contributed by atoms with Crippen molar-refractivity contribution < 1.29 is 8.42 Å². The van der Waals surface area contributed by atoms with E-state index in [-0.39, 0.29) is 11.2 Å². The highest BCUT2D eigenvalue weighted by Crippen LogP contribution is 2.36. The minimum atomic E-state index is -2.98. The standard InChI is InChI=1S/C12H15Br2ClO2S/c1-18(16,17)7-6-12(8-13,9-14)10-4-2-3-5-11(10)15/h2-5H,6-9H2,1H3. The number of hydrogen-bond acceptors (Lipinski definition) is 2. The number of alkyl halides is 2. The molecule has 0 saturated heterocycles. The number of sulfone groups is 1. The van der Waals surface area contributed by atoms with Gasteiger partial charge in [0, 0.05) is 27.4 Å². The molecule has 0 aliphatic carbocycles. The topological polar surface area (TPSA) is 34.1 Å². The fourth-order valence-electron chi connectivity index (χ4n) is 1.72. The molecule has 0 fully saturated rings. The van der Waals surface area contributed by atoms with Gasteiger partial charge < -0.3 is 0 Å². The van der Waals surface area contributed by atoms with Gasteiger partial charge in [-0.2, -0.15) is 0 Å². The van der Waals surface area contributed by atoms with Crippen molar-refractivity contribution in [3.63, 3.8) is 0 Å². The summed E-state index contributed by atoms with van der Waals surface area (Å²) in [4.78, 5) is 0. The Morgan fingerprint density at radius 2 is 1.78 bits per heavy atom. The third-order valence-electron chi connectivity index (χ3n) is 2.91. The molecule has 0 aromatic heterocycles. The SMILES string of the molecule is CS(=O)(=O)CCC(CBr)(CBr)c1ccccc1Cl. The van der Waals surface area contributed by atoms with Crippen molar-refractivity contribution in [1.29, 1.82) is 0 Å². The molecule has 0 aliphatic heterocycles. The second-order valence-corrected chi connectivity index (χ2v) is 8.20. The normalized spacial score (nSPS) is 12.7. The van der Waals surface area contributed by atoms with Crippen molar-refractivity contribution in [2.24, 2.45) is 0 Å². The summed E-state index contributed by atoms with van der Waals surface area (Å²) in [5.74, 6) is 0.148. The first kappa shape index (κ1) is 16.5. The fourth-order valence-corrected chi connectivity index (χ4v) is 4.91. The molecule has 0 spiro atoms. The Kier molecular flexibility index (Phi) is 6.16. The summed E-state index contributed by atoms with van der Waals surface area (Å²) in [5, 5.41) is 1.99. The molecule has 2 nitrogen and oxygen atoms in total. The van der Waals surface area contributed by atoms with Gasteiger partial charge in [0.1, 0.15) is 9.84 Å². The molecule has 18 heavy (non-hydrogen) atoms. The summed E-state index contributed by atoms with van der Waals surface area (Å²) < 4.78 is 22.7. The van der Waals surface area contributed by atoms with Crippen LogP contribution in [0.4, 0.5) is 0 Å². The predicted molar refractivity (Wildman–Crippen MR) is 85.0 cm³/mol. The molecule has 1 rings (SSSR count). The molecule has 0 atom stereocenters. The van der Waals surface area contributed by atoms with E-state index in [0.29, 0.717) is 22.1 Å². The van der Waals surface area contributed by atoms with Crippen LogP contribution in [0.15, 0.2) is 24.3 Å². The van der Waals surface area contributed by atoms with Gasteiger partial charge in [-0.15, -0.1) is 0 Å². The molecule has 0 heterocycles. The fraction of sp³-hybridized carbons (Fsp3) is 0.500. The molecule has 1 aromatic rings. The summed E-state index contributed by atoms with van der Waals surface area (Å²) in [6.07, 6.45) is 1.79. The van der Waals surface area contributed by atoms with E-state index in [4.69, 9.17) is 11.6 Å². The van der Waals surface area contributed by atoms with Crippen molar-refractivity contribution in [2.75, 3.05) is 22.7 Å². The van der Waals surface area contributed by atoms with Crippen molar-refractivity contribution in [2.45, 2.75) is 11.8 Å². The smallest absolute Gasteiger partial charge is 0.147 e. The average Bonchev–Trinajstić information content (AvgIpc) is 2.31. The van der Waals surface area contributed by atoms with Crippen molar-refractivity contribution in [3.05, 3.63) is 34.9 Å². The maximum absolute atomic E-state index is 11.4. The number of halogens is 3. The van der Waals surface area contributed by atoms with E-state index in [1.165, 1.54) is 6.26 Å². The zero-order valence-electron chi connectivity index (χ0n) is 10.00. The predicted octanol–water partition coefficient (Wildman–Crippen LogP) is 3.80. The molecule has 0 unspecified atom stereocenters. The molecule has 0 saturated carbocycles. The third kappa shape index (κ3) is 4.22. The Balaban J connectivity index is 3.11. The Labute approximate surface area is 130 Å². The molecule has 0 bridgehead atoms. The van der Waals surface area contributed by atoms with Gasteiger partial charge in [0.2, 0.25) is 0 Å². The van der Waals surface area contributed by atoms with E-state index < -0.39 is 9.84 Å². The molecule has 1 aromatic carbocycles. The van der Waals surface area contributed by atoms with Crippen molar-refractivity contribution in [1.82, 2.24) is 0 Å². The van der Waals surface area contributed by atoms with Gasteiger partial charge >= 0.3 is 0 Å². The van der Waals surface area contributed by atoms with E-state index >= 15 is 0 Å². The lowest BCUT2D eigenvalue weighted by Gasteiger charge is -2.31. The largest absolute Gasteiger partial charge is 0.229 e. The average molecular weight is 419 g/mol. The highest BCUT2D eigenvalue weighted by molar-refractivity contribution is 9.09. The van der Waals surface area contributed by atoms with Crippen LogP contribution in [-0.2, 0) is 15.3 Å². The van der Waals surface area contributed by atoms with Crippen LogP contribution in [0.25, 0.3) is 0 Å². The number of rotatable bonds is 6. The van der Waals surface area contributed by atoms with Gasteiger partial charge in [0.15, 0.2) is 0 Å². The Morgan fingerprint density at radius 1 is 1.22 bits per heavy atom. The van der Waals surface area contributed by atoms with E-state index in [1.54, 1.807) is 0 Å². The molecule has 6 heteroatoms. The first-order chi connectivity index (χ1) is 8.34. The van der Waals surface area contributed by atoms with Gasteiger partial charge in [-0.25, -0.2) is 8.42 Å². The molecule has 0 radical (unpaired) electrons. The second-order valence-electron chi connectivity index (χ2n) is 4.41.